The van der Waals surface area contributed by atoms with Crippen LogP contribution < -0.4 is 30.3 Å². The zero-order valence-corrected chi connectivity index (χ0v) is 18.8. The van der Waals surface area contributed by atoms with Gasteiger partial charge in [0.2, 0.25) is 0 Å². The number of anilines is 5. The lowest BCUT2D eigenvalue weighted by Crippen LogP contribution is -2.36. The van der Waals surface area contributed by atoms with E-state index in [0.29, 0.717) is 60.9 Å². The fourth-order valence-corrected chi connectivity index (χ4v) is 3.77. The van der Waals surface area contributed by atoms with Gasteiger partial charge in [0.15, 0.2) is 11.5 Å². The lowest BCUT2D eigenvalue weighted by atomic mass is 10.2. The molecule has 1 saturated heterocycles. The van der Waals surface area contributed by atoms with Crippen molar-refractivity contribution in [2.24, 2.45) is 0 Å². The molecule has 34 heavy (non-hydrogen) atoms. The molecule has 0 unspecified atom stereocenters. The first-order valence-corrected chi connectivity index (χ1v) is 11.2. The second-order valence-corrected chi connectivity index (χ2v) is 7.90. The van der Waals surface area contributed by atoms with Crippen molar-refractivity contribution in [1.29, 1.82) is 0 Å². The van der Waals surface area contributed by atoms with E-state index in [2.05, 4.69) is 30.8 Å². The lowest BCUT2D eigenvalue weighted by Gasteiger charge is -2.28. The van der Waals surface area contributed by atoms with E-state index >= 15 is 0 Å². The summed E-state index contributed by atoms with van der Waals surface area (Å²) in [5.74, 6) is 3.59. The van der Waals surface area contributed by atoms with Gasteiger partial charge in [0.1, 0.15) is 30.7 Å². The second kappa shape index (κ2) is 9.84. The molecule has 0 saturated carbocycles. The first-order chi connectivity index (χ1) is 16.6. The van der Waals surface area contributed by atoms with E-state index in [1.54, 1.807) is 18.2 Å². The summed E-state index contributed by atoms with van der Waals surface area (Å²) < 4.78 is 16.5. The quantitative estimate of drug-likeness (QED) is 0.526. The van der Waals surface area contributed by atoms with E-state index in [-0.39, 0.29) is 6.03 Å². The Kier molecular flexibility index (Phi) is 6.30. The van der Waals surface area contributed by atoms with Crippen molar-refractivity contribution in [2.75, 3.05) is 60.4 Å². The fraction of sp³-hybridized carbons (Fsp3) is 0.292. The molecule has 3 N–H and O–H groups in total. The zero-order valence-electron chi connectivity index (χ0n) is 18.8. The molecule has 0 radical (unpaired) electrons. The molecular weight excluding hydrogens is 436 g/mol. The molecule has 0 atom stereocenters. The summed E-state index contributed by atoms with van der Waals surface area (Å²) in [5, 5.41) is 8.95. The molecule has 5 rings (SSSR count). The number of amides is 2. The number of nitrogens with one attached hydrogen (secondary N) is 3. The van der Waals surface area contributed by atoms with E-state index in [4.69, 9.17) is 14.2 Å². The Bertz CT molecular complexity index is 1160. The topological polar surface area (TPSA) is 110 Å². The Morgan fingerprint density at radius 3 is 2.29 bits per heavy atom. The van der Waals surface area contributed by atoms with Crippen LogP contribution in [0.3, 0.4) is 0 Å². The van der Waals surface area contributed by atoms with Gasteiger partial charge in [-0.05, 0) is 43.3 Å². The summed E-state index contributed by atoms with van der Waals surface area (Å²) in [6.45, 7) is 5.91. The van der Waals surface area contributed by atoms with Crippen LogP contribution in [0, 0.1) is 6.92 Å². The van der Waals surface area contributed by atoms with Crippen LogP contribution in [-0.4, -0.2) is 55.5 Å². The molecule has 0 bridgehead atoms. The summed E-state index contributed by atoms with van der Waals surface area (Å²) in [6.07, 6.45) is 0. The highest BCUT2D eigenvalue weighted by molar-refractivity contribution is 6.00. The molecular formula is C24H26N6O4. The number of carbonyl (C=O) groups excluding carboxylic acids is 1. The third-order valence-corrected chi connectivity index (χ3v) is 5.37. The Hall–Kier alpha value is -4.05. The molecule has 3 aromatic rings. The molecule has 2 aliphatic heterocycles. The van der Waals surface area contributed by atoms with Gasteiger partial charge in [0.25, 0.3) is 0 Å². The first-order valence-electron chi connectivity index (χ1n) is 11.2. The van der Waals surface area contributed by atoms with Crippen LogP contribution in [0.15, 0.2) is 48.5 Å². The number of aryl methyl sites for hydroxylation is 1. The molecule has 10 heteroatoms. The molecule has 0 spiro atoms. The Morgan fingerprint density at radius 2 is 1.50 bits per heavy atom. The molecule has 0 aliphatic carbocycles. The van der Waals surface area contributed by atoms with Crippen molar-refractivity contribution in [3.05, 3.63) is 54.4 Å². The minimum absolute atomic E-state index is 0.348. The molecule has 10 nitrogen and oxygen atoms in total. The van der Waals surface area contributed by atoms with Gasteiger partial charge in [-0.25, -0.2) is 14.8 Å². The van der Waals surface area contributed by atoms with Gasteiger partial charge in [0.05, 0.1) is 13.2 Å². The third-order valence-electron chi connectivity index (χ3n) is 5.37. The monoisotopic (exact) mass is 462 g/mol. The molecule has 3 heterocycles. The number of hydrogen-bond donors (Lipinski definition) is 3. The SMILES string of the molecule is Cc1nc(Nc2ccc(NC(=O)Nc3ccc4c(c3)OCCO4)cc2)cc(N2CCOCC2)n1. The molecule has 2 aliphatic rings. The number of hydrogen-bond acceptors (Lipinski definition) is 8. The van der Waals surface area contributed by atoms with Crippen LogP contribution in [0.4, 0.5) is 33.5 Å². The maximum Gasteiger partial charge on any atom is 0.323 e. The second-order valence-electron chi connectivity index (χ2n) is 7.90. The number of urea groups is 1. The van der Waals surface area contributed by atoms with E-state index in [0.717, 1.165) is 24.6 Å². The average Bonchev–Trinajstić information content (AvgIpc) is 2.85. The van der Waals surface area contributed by atoms with Gasteiger partial charge in [-0.3, -0.25) is 0 Å². The number of morpholine rings is 1. The third kappa shape index (κ3) is 5.29. The van der Waals surface area contributed by atoms with Crippen LogP contribution in [0.5, 0.6) is 11.5 Å². The number of rotatable bonds is 5. The van der Waals surface area contributed by atoms with Crippen molar-refractivity contribution in [1.82, 2.24) is 9.97 Å². The number of aromatic nitrogens is 2. The maximum absolute atomic E-state index is 12.4. The molecule has 1 aromatic heterocycles. The van der Waals surface area contributed by atoms with E-state index in [9.17, 15) is 4.79 Å². The van der Waals surface area contributed by atoms with Crippen molar-refractivity contribution < 1.29 is 19.0 Å². The van der Waals surface area contributed by atoms with Crippen LogP contribution in [0.2, 0.25) is 0 Å². The minimum atomic E-state index is -0.348. The summed E-state index contributed by atoms with van der Waals surface area (Å²) in [5.41, 5.74) is 2.13. The number of ether oxygens (including phenoxy) is 3. The maximum atomic E-state index is 12.4. The number of nitrogens with zero attached hydrogens (tertiary/aromatic N) is 3. The van der Waals surface area contributed by atoms with E-state index < -0.39 is 0 Å². The summed E-state index contributed by atoms with van der Waals surface area (Å²) >= 11 is 0. The summed E-state index contributed by atoms with van der Waals surface area (Å²) in [7, 11) is 0. The number of fused-ring (bicyclic) bond motifs is 1. The van der Waals surface area contributed by atoms with Gasteiger partial charge in [0, 0.05) is 42.3 Å². The summed E-state index contributed by atoms with van der Waals surface area (Å²) in [6, 6.07) is 14.3. The number of carbonyl (C=O) groups is 1. The fourth-order valence-electron chi connectivity index (χ4n) is 3.77. The van der Waals surface area contributed by atoms with Gasteiger partial charge in [-0.2, -0.15) is 0 Å². The van der Waals surface area contributed by atoms with Crippen LogP contribution in [0.25, 0.3) is 0 Å². The molecule has 2 aromatic carbocycles. The zero-order chi connectivity index (χ0) is 23.3. The molecule has 1 fully saturated rings. The highest BCUT2D eigenvalue weighted by atomic mass is 16.6. The Balaban J connectivity index is 1.19. The van der Waals surface area contributed by atoms with Crippen molar-refractivity contribution in [3.63, 3.8) is 0 Å². The summed E-state index contributed by atoms with van der Waals surface area (Å²) in [4.78, 5) is 23.6. The highest BCUT2D eigenvalue weighted by Gasteiger charge is 2.15. The van der Waals surface area contributed by atoms with Gasteiger partial charge >= 0.3 is 6.03 Å². The minimum Gasteiger partial charge on any atom is -0.486 e. The van der Waals surface area contributed by atoms with Crippen LogP contribution >= 0.6 is 0 Å². The smallest absolute Gasteiger partial charge is 0.323 e. The normalized spacial score (nSPS) is 14.9. The highest BCUT2D eigenvalue weighted by Crippen LogP contribution is 2.32. The Labute approximate surface area is 197 Å². The van der Waals surface area contributed by atoms with Crippen molar-refractivity contribution in [2.45, 2.75) is 6.92 Å². The van der Waals surface area contributed by atoms with Crippen LogP contribution in [0.1, 0.15) is 5.82 Å². The largest absolute Gasteiger partial charge is 0.486 e. The standard InChI is InChI=1S/C24H26N6O4/c1-16-25-22(15-23(26-16)30-8-10-32-11-9-30)27-17-2-4-18(5-3-17)28-24(31)29-19-6-7-20-21(14-19)34-13-12-33-20/h2-7,14-15H,8-13H2,1H3,(H,25,26,27)(H2,28,29,31). The molecule has 176 valence electrons. The first kappa shape index (κ1) is 21.8. The number of benzene rings is 2. The van der Waals surface area contributed by atoms with Crippen molar-refractivity contribution in [3.8, 4) is 11.5 Å². The Morgan fingerprint density at radius 1 is 0.824 bits per heavy atom. The van der Waals surface area contributed by atoms with Crippen molar-refractivity contribution >= 4 is 34.7 Å². The molecule has 2 amide bonds. The van der Waals surface area contributed by atoms with Gasteiger partial charge < -0.3 is 35.1 Å². The predicted octanol–water partition coefficient (Wildman–Crippen LogP) is 3.78. The van der Waals surface area contributed by atoms with E-state index in [1.165, 1.54) is 0 Å². The average molecular weight is 463 g/mol. The van der Waals surface area contributed by atoms with Gasteiger partial charge in [-0.1, -0.05) is 0 Å². The van der Waals surface area contributed by atoms with Crippen LogP contribution in [-0.2, 0) is 4.74 Å². The van der Waals surface area contributed by atoms with Gasteiger partial charge in [-0.15, -0.1) is 0 Å². The lowest BCUT2D eigenvalue weighted by molar-refractivity contribution is 0.122. The predicted molar refractivity (Wildman–Crippen MR) is 130 cm³/mol. The van der Waals surface area contributed by atoms with E-state index in [1.807, 2.05) is 37.3 Å².